The van der Waals surface area contributed by atoms with Gasteiger partial charge in [-0.05, 0) is 18.9 Å². The molecule has 8 heteroatoms. The molecule has 0 spiro atoms. The smallest absolute Gasteiger partial charge is 0.227 e. The quantitative estimate of drug-likeness (QED) is 0.539. The van der Waals surface area contributed by atoms with E-state index in [0.717, 1.165) is 5.56 Å². The second-order valence-electron chi connectivity index (χ2n) is 5.64. The van der Waals surface area contributed by atoms with Crippen LogP contribution in [0.1, 0.15) is 65.3 Å². The van der Waals surface area contributed by atoms with Gasteiger partial charge in [-0.15, -0.1) is 0 Å². The molecule has 0 aliphatic rings. The highest BCUT2D eigenvalue weighted by molar-refractivity contribution is 5.83. The van der Waals surface area contributed by atoms with Crippen molar-refractivity contribution in [1.29, 1.82) is 0 Å². The number of nitrogens with zero attached hydrogens (tertiary/aromatic N) is 3. The number of aromatic nitrogens is 3. The normalized spacial score (nSPS) is 11.7. The lowest BCUT2D eigenvalue weighted by atomic mass is 10.2. The van der Waals surface area contributed by atoms with Gasteiger partial charge in [-0.1, -0.05) is 70.1 Å². The number of nitrogens with two attached hydrogens (primary N) is 1. The molecule has 1 aromatic carbocycles. The van der Waals surface area contributed by atoms with E-state index in [-0.39, 0.29) is 31.2 Å². The number of aliphatic hydroxyl groups is 2. The SMILES string of the molecule is CC.CC.CC[C@@H](CO)O[C@H](C)c1noc2c(N)ncnc12.OCc1ccccc1. The lowest BCUT2D eigenvalue weighted by Gasteiger charge is -2.17. The van der Waals surface area contributed by atoms with Crippen molar-refractivity contribution >= 4 is 16.9 Å². The number of benzene rings is 1. The molecule has 2 heterocycles. The van der Waals surface area contributed by atoms with Crippen LogP contribution in [0.4, 0.5) is 5.82 Å². The third-order valence-corrected chi connectivity index (χ3v) is 3.78. The number of hydrogen-bond acceptors (Lipinski definition) is 8. The topological polar surface area (TPSA) is 128 Å². The molecular weight excluding hydrogens is 384 g/mol. The number of rotatable bonds is 6. The first-order chi connectivity index (χ1) is 14.6. The molecular formula is C22H36N4O4. The van der Waals surface area contributed by atoms with Gasteiger partial charge in [0, 0.05) is 0 Å². The highest BCUT2D eigenvalue weighted by atomic mass is 16.5. The molecule has 0 saturated heterocycles. The third kappa shape index (κ3) is 8.44. The molecule has 0 aliphatic heterocycles. The van der Waals surface area contributed by atoms with Gasteiger partial charge in [0.1, 0.15) is 23.6 Å². The van der Waals surface area contributed by atoms with Gasteiger partial charge in [-0.3, -0.25) is 0 Å². The van der Waals surface area contributed by atoms with Crippen molar-refractivity contribution in [2.45, 2.75) is 66.8 Å². The van der Waals surface area contributed by atoms with Crippen LogP contribution in [0.15, 0.2) is 41.2 Å². The average molecular weight is 421 g/mol. The molecule has 3 aromatic rings. The Hall–Kier alpha value is -2.55. The van der Waals surface area contributed by atoms with Gasteiger partial charge in [0.2, 0.25) is 5.58 Å². The van der Waals surface area contributed by atoms with Crippen LogP contribution < -0.4 is 5.73 Å². The zero-order valence-electron chi connectivity index (χ0n) is 18.9. The summed E-state index contributed by atoms with van der Waals surface area (Å²) in [7, 11) is 0. The Morgan fingerprint density at radius 3 is 2.20 bits per heavy atom. The summed E-state index contributed by atoms with van der Waals surface area (Å²) in [5.41, 5.74) is 8.09. The number of ether oxygens (including phenoxy) is 1. The van der Waals surface area contributed by atoms with E-state index in [1.54, 1.807) is 0 Å². The minimum atomic E-state index is -0.336. The monoisotopic (exact) mass is 420 g/mol. The minimum absolute atomic E-state index is 0.0340. The molecule has 168 valence electrons. The van der Waals surface area contributed by atoms with E-state index in [4.69, 9.17) is 25.2 Å². The summed E-state index contributed by atoms with van der Waals surface area (Å²) in [6.45, 7) is 11.9. The molecule has 30 heavy (non-hydrogen) atoms. The van der Waals surface area contributed by atoms with E-state index in [9.17, 15) is 0 Å². The van der Waals surface area contributed by atoms with Crippen LogP contribution in [-0.2, 0) is 11.3 Å². The van der Waals surface area contributed by atoms with Crippen LogP contribution in [0.5, 0.6) is 0 Å². The van der Waals surface area contributed by atoms with Gasteiger partial charge in [-0.25, -0.2) is 9.97 Å². The molecule has 0 amide bonds. The first-order valence-corrected chi connectivity index (χ1v) is 10.4. The second kappa shape index (κ2) is 16.3. The zero-order chi connectivity index (χ0) is 22.9. The maximum Gasteiger partial charge on any atom is 0.227 e. The highest BCUT2D eigenvalue weighted by Crippen LogP contribution is 2.27. The Morgan fingerprint density at radius 1 is 1.07 bits per heavy atom. The van der Waals surface area contributed by atoms with Crippen molar-refractivity contribution in [3.63, 3.8) is 0 Å². The molecule has 0 unspecified atom stereocenters. The van der Waals surface area contributed by atoms with Gasteiger partial charge < -0.3 is 25.2 Å². The molecule has 0 aliphatic carbocycles. The standard InChI is InChI=1S/C11H16N4O3.C7H8O.2C2H6/c1-3-7(4-16)17-6(2)8-9-10(18-15-8)11(12)14-5-13-9;8-6-7-4-2-1-3-5-7;2*1-2/h5-7,16H,3-4H2,1-2H3,(H2,12,13,14);1-5,8H,6H2;2*1-2H3/t6-,7+;;;/m1.../s1. The van der Waals surface area contributed by atoms with E-state index in [1.807, 2.05) is 71.9 Å². The first kappa shape index (κ1) is 27.5. The van der Waals surface area contributed by atoms with Crippen molar-refractivity contribution in [3.8, 4) is 0 Å². The van der Waals surface area contributed by atoms with Crippen molar-refractivity contribution in [1.82, 2.24) is 15.1 Å². The second-order valence-corrected chi connectivity index (χ2v) is 5.64. The van der Waals surface area contributed by atoms with Crippen molar-refractivity contribution < 1.29 is 19.5 Å². The molecule has 0 fully saturated rings. The van der Waals surface area contributed by atoms with Crippen molar-refractivity contribution in [3.05, 3.63) is 47.9 Å². The zero-order valence-corrected chi connectivity index (χ0v) is 18.9. The number of aliphatic hydroxyl groups excluding tert-OH is 2. The summed E-state index contributed by atoms with van der Waals surface area (Å²) in [5, 5.41) is 21.6. The van der Waals surface area contributed by atoms with Crippen LogP contribution in [0.2, 0.25) is 0 Å². The maximum absolute atomic E-state index is 9.12. The van der Waals surface area contributed by atoms with Crippen molar-refractivity contribution in [2.24, 2.45) is 0 Å². The molecule has 4 N–H and O–H groups in total. The summed E-state index contributed by atoms with van der Waals surface area (Å²) in [4.78, 5) is 7.92. The van der Waals surface area contributed by atoms with Gasteiger partial charge in [0.05, 0.1) is 19.3 Å². The molecule has 0 bridgehead atoms. The average Bonchev–Trinajstić information content (AvgIpc) is 3.26. The molecule has 3 rings (SSSR count). The van der Waals surface area contributed by atoms with Gasteiger partial charge in [-0.2, -0.15) is 0 Å². The van der Waals surface area contributed by atoms with Gasteiger partial charge in [0.25, 0.3) is 0 Å². The summed E-state index contributed by atoms with van der Waals surface area (Å²) < 4.78 is 10.8. The molecule has 8 nitrogen and oxygen atoms in total. The molecule has 0 saturated carbocycles. The van der Waals surface area contributed by atoms with Gasteiger partial charge in [0.15, 0.2) is 5.82 Å². The number of fused-ring (bicyclic) bond motifs is 1. The van der Waals surface area contributed by atoms with Crippen molar-refractivity contribution in [2.75, 3.05) is 12.3 Å². The van der Waals surface area contributed by atoms with Crippen LogP contribution >= 0.6 is 0 Å². The first-order valence-electron chi connectivity index (χ1n) is 10.4. The van der Waals surface area contributed by atoms with Crippen LogP contribution in [-0.4, -0.2) is 38.0 Å². The summed E-state index contributed by atoms with van der Waals surface area (Å²) >= 11 is 0. The van der Waals surface area contributed by atoms with E-state index in [2.05, 4.69) is 15.1 Å². The maximum atomic E-state index is 9.12. The van der Waals surface area contributed by atoms with E-state index in [1.165, 1.54) is 6.33 Å². The molecule has 0 radical (unpaired) electrons. The van der Waals surface area contributed by atoms with Gasteiger partial charge >= 0.3 is 0 Å². The number of nitrogen functional groups attached to an aromatic ring is 1. The lowest BCUT2D eigenvalue weighted by Crippen LogP contribution is -2.18. The number of anilines is 1. The van der Waals surface area contributed by atoms with Crippen LogP contribution in [0.3, 0.4) is 0 Å². The summed E-state index contributed by atoms with van der Waals surface area (Å²) in [5.74, 6) is 0.250. The largest absolute Gasteiger partial charge is 0.394 e. The Morgan fingerprint density at radius 2 is 1.70 bits per heavy atom. The van der Waals surface area contributed by atoms with E-state index >= 15 is 0 Å². The lowest BCUT2D eigenvalue weighted by molar-refractivity contribution is -0.0361. The molecule has 2 atom stereocenters. The Bertz CT molecular complexity index is 792. The fourth-order valence-corrected chi connectivity index (χ4v) is 2.27. The molecule has 2 aromatic heterocycles. The predicted molar refractivity (Wildman–Crippen MR) is 120 cm³/mol. The fraction of sp³-hybridized carbons (Fsp3) is 0.500. The Labute approximate surface area is 179 Å². The fourth-order valence-electron chi connectivity index (χ4n) is 2.27. The Kier molecular flexibility index (Phi) is 14.9. The number of hydrogen-bond donors (Lipinski definition) is 3. The highest BCUT2D eigenvalue weighted by Gasteiger charge is 2.21. The van der Waals surface area contributed by atoms with E-state index in [0.29, 0.717) is 23.2 Å². The Balaban J connectivity index is 0.000000585. The van der Waals surface area contributed by atoms with E-state index < -0.39 is 0 Å². The predicted octanol–water partition coefficient (Wildman–Crippen LogP) is 4.28. The van der Waals surface area contributed by atoms with Crippen LogP contribution in [0, 0.1) is 0 Å². The summed E-state index contributed by atoms with van der Waals surface area (Å²) in [6, 6.07) is 9.52. The summed E-state index contributed by atoms with van der Waals surface area (Å²) in [6.07, 6.45) is 1.51. The third-order valence-electron chi connectivity index (χ3n) is 3.78. The minimum Gasteiger partial charge on any atom is -0.394 e. The van der Waals surface area contributed by atoms with Crippen LogP contribution in [0.25, 0.3) is 11.1 Å².